The van der Waals surface area contributed by atoms with E-state index in [-0.39, 0.29) is 5.56 Å². The van der Waals surface area contributed by atoms with Gasteiger partial charge in [-0.05, 0) is 68.1 Å². The van der Waals surface area contributed by atoms with Gasteiger partial charge in [-0.3, -0.25) is 9.36 Å². The van der Waals surface area contributed by atoms with E-state index in [2.05, 4.69) is 25.1 Å². The average molecular weight is 439 g/mol. The van der Waals surface area contributed by atoms with Gasteiger partial charge in [0.05, 0.1) is 0 Å². The van der Waals surface area contributed by atoms with Gasteiger partial charge in [0.15, 0.2) is 0 Å². The summed E-state index contributed by atoms with van der Waals surface area (Å²) in [6.45, 7) is 2.85. The number of halogens is 1. The first kappa shape index (κ1) is 18.9. The van der Waals surface area contributed by atoms with Crippen LogP contribution in [0.25, 0.3) is 21.5 Å². The van der Waals surface area contributed by atoms with Crippen LogP contribution in [0, 0.1) is 12.8 Å². The molecule has 29 heavy (non-hydrogen) atoms. The number of nitrogens with zero attached hydrogens (tertiary/aromatic N) is 2. The predicted octanol–water partition coefficient (Wildman–Crippen LogP) is 6.65. The van der Waals surface area contributed by atoms with Crippen LogP contribution in [-0.4, -0.2) is 9.55 Å². The molecule has 4 aromatic rings. The van der Waals surface area contributed by atoms with Crippen LogP contribution in [-0.2, 0) is 6.54 Å². The van der Waals surface area contributed by atoms with Gasteiger partial charge in [0.25, 0.3) is 5.56 Å². The molecule has 1 aliphatic carbocycles. The molecule has 3 heterocycles. The Balaban J connectivity index is 1.65. The molecule has 6 heteroatoms. The predicted molar refractivity (Wildman–Crippen MR) is 122 cm³/mol. The maximum absolute atomic E-state index is 12.9. The van der Waals surface area contributed by atoms with Crippen LogP contribution in [0.4, 0.5) is 0 Å². The molecule has 0 amide bonds. The van der Waals surface area contributed by atoms with E-state index in [0.717, 1.165) is 42.8 Å². The van der Waals surface area contributed by atoms with E-state index < -0.39 is 0 Å². The van der Waals surface area contributed by atoms with Gasteiger partial charge in [-0.15, -0.1) is 11.3 Å². The lowest BCUT2D eigenvalue weighted by atomic mass is 10.1. The second-order valence-corrected chi connectivity index (χ2v) is 10.3. The zero-order valence-electron chi connectivity index (χ0n) is 15.9. The summed E-state index contributed by atoms with van der Waals surface area (Å²) in [6, 6.07) is 15.9. The van der Waals surface area contributed by atoms with Crippen LogP contribution < -0.4 is 5.56 Å². The number of aryl methyl sites for hydroxylation is 1. The minimum absolute atomic E-state index is 0.0380. The van der Waals surface area contributed by atoms with Crippen molar-refractivity contribution in [2.24, 2.45) is 5.92 Å². The molecule has 0 atom stereocenters. The first-order chi connectivity index (χ1) is 14.1. The monoisotopic (exact) mass is 438 g/mol. The Morgan fingerprint density at radius 2 is 1.93 bits per heavy atom. The number of aromatic nitrogens is 2. The Morgan fingerprint density at radius 1 is 1.14 bits per heavy atom. The molecule has 3 nitrogen and oxygen atoms in total. The largest absolute Gasteiger partial charge is 0.292 e. The second kappa shape index (κ2) is 7.63. The van der Waals surface area contributed by atoms with Crippen molar-refractivity contribution in [3.8, 4) is 10.4 Å². The number of hydrogen-bond donors (Lipinski definition) is 0. The second-order valence-electron chi connectivity index (χ2n) is 7.46. The van der Waals surface area contributed by atoms with Crippen molar-refractivity contribution in [2.45, 2.75) is 36.1 Å². The summed E-state index contributed by atoms with van der Waals surface area (Å²) in [7, 11) is 0. The Hall–Kier alpha value is -2.08. The van der Waals surface area contributed by atoms with Crippen molar-refractivity contribution in [1.29, 1.82) is 0 Å². The fourth-order valence-electron chi connectivity index (χ4n) is 3.45. The highest BCUT2D eigenvalue weighted by molar-refractivity contribution is 7.99. The van der Waals surface area contributed by atoms with Crippen LogP contribution in [0.15, 0.2) is 69.3 Å². The number of fused-ring (bicyclic) bond motifs is 1. The van der Waals surface area contributed by atoms with E-state index in [0.29, 0.717) is 5.92 Å². The Kier molecular flexibility index (Phi) is 4.98. The molecule has 0 unspecified atom stereocenters. The molecule has 0 N–H and O–H groups in total. The summed E-state index contributed by atoms with van der Waals surface area (Å²) in [6.07, 6.45) is 4.27. The third-order valence-electron chi connectivity index (χ3n) is 5.11. The minimum atomic E-state index is 0.0380. The van der Waals surface area contributed by atoms with Crippen molar-refractivity contribution >= 4 is 45.7 Å². The fourth-order valence-corrected chi connectivity index (χ4v) is 5.30. The lowest BCUT2D eigenvalue weighted by Gasteiger charge is -2.13. The molecule has 1 aromatic carbocycles. The summed E-state index contributed by atoms with van der Waals surface area (Å²) < 4.78 is 1.85. The van der Waals surface area contributed by atoms with Crippen LogP contribution in [0.1, 0.15) is 17.7 Å². The molecule has 0 aliphatic heterocycles. The smallest absolute Gasteiger partial charge is 0.252 e. The van der Waals surface area contributed by atoms with Crippen LogP contribution in [0.5, 0.6) is 0 Å². The summed E-state index contributed by atoms with van der Waals surface area (Å²) >= 11 is 9.37. The lowest BCUT2D eigenvalue weighted by molar-refractivity contribution is 0.622. The SMILES string of the molecule is Cc1ccc(-c2cc(=O)n(CC3CC3)c3ncc(Sc4ccc(Cl)cc4)cc23)s1. The number of pyridine rings is 2. The summed E-state index contributed by atoms with van der Waals surface area (Å²) in [5.41, 5.74) is 1.79. The Bertz CT molecular complexity index is 1260. The topological polar surface area (TPSA) is 34.9 Å². The van der Waals surface area contributed by atoms with Crippen molar-refractivity contribution < 1.29 is 0 Å². The van der Waals surface area contributed by atoms with E-state index in [1.807, 2.05) is 35.0 Å². The summed E-state index contributed by atoms with van der Waals surface area (Å²) in [4.78, 5) is 22.2. The fraction of sp³-hybridized carbons (Fsp3) is 0.217. The molecule has 1 saturated carbocycles. The van der Waals surface area contributed by atoms with Crippen LogP contribution in [0.3, 0.4) is 0 Å². The maximum atomic E-state index is 12.9. The van der Waals surface area contributed by atoms with Crippen LogP contribution in [0.2, 0.25) is 5.02 Å². The Morgan fingerprint density at radius 3 is 2.62 bits per heavy atom. The highest BCUT2D eigenvalue weighted by atomic mass is 35.5. The van der Waals surface area contributed by atoms with E-state index >= 15 is 0 Å². The first-order valence-electron chi connectivity index (χ1n) is 9.61. The van der Waals surface area contributed by atoms with Crippen molar-refractivity contribution in [3.63, 3.8) is 0 Å². The summed E-state index contributed by atoms with van der Waals surface area (Å²) in [5, 5.41) is 1.76. The number of rotatable bonds is 5. The van der Waals surface area contributed by atoms with Crippen molar-refractivity contribution in [3.05, 3.63) is 75.0 Å². The third kappa shape index (κ3) is 4.00. The number of hydrogen-bond acceptors (Lipinski definition) is 4. The molecule has 1 fully saturated rings. The molecule has 0 spiro atoms. The third-order valence-corrected chi connectivity index (χ3v) is 7.37. The van der Waals surface area contributed by atoms with Gasteiger partial charge in [-0.2, -0.15) is 0 Å². The zero-order valence-corrected chi connectivity index (χ0v) is 18.3. The highest BCUT2D eigenvalue weighted by Gasteiger charge is 2.24. The Labute approximate surface area is 182 Å². The van der Waals surface area contributed by atoms with Crippen LogP contribution >= 0.6 is 34.7 Å². The summed E-state index contributed by atoms with van der Waals surface area (Å²) in [5.74, 6) is 0.607. The zero-order chi connectivity index (χ0) is 20.0. The normalized spacial score (nSPS) is 13.9. The maximum Gasteiger partial charge on any atom is 0.252 e. The quantitative estimate of drug-likeness (QED) is 0.350. The minimum Gasteiger partial charge on any atom is -0.292 e. The molecule has 5 rings (SSSR count). The van der Waals surface area contributed by atoms with Gasteiger partial charge in [-0.25, -0.2) is 4.98 Å². The van der Waals surface area contributed by atoms with Gasteiger partial charge in [-0.1, -0.05) is 23.4 Å². The molecule has 0 bridgehead atoms. The highest BCUT2D eigenvalue weighted by Crippen LogP contribution is 2.37. The molecule has 146 valence electrons. The van der Waals surface area contributed by atoms with Gasteiger partial charge < -0.3 is 0 Å². The van der Waals surface area contributed by atoms with E-state index in [9.17, 15) is 4.79 Å². The van der Waals surface area contributed by atoms with E-state index in [1.165, 1.54) is 17.7 Å². The molecule has 1 aliphatic rings. The molecular formula is C23H19ClN2OS2. The van der Waals surface area contributed by atoms with Crippen molar-refractivity contribution in [2.75, 3.05) is 0 Å². The van der Waals surface area contributed by atoms with Gasteiger partial charge in [0, 0.05) is 54.3 Å². The number of thiophene rings is 1. The standard InChI is InChI=1S/C23H19ClN2OS2/c1-14-2-9-21(28-14)19-11-22(27)26(13-15-3-4-15)23-20(19)10-18(12-25-23)29-17-7-5-16(24)6-8-17/h2,5-12,15H,3-4,13H2,1H3. The molecule has 0 saturated heterocycles. The number of benzene rings is 1. The molecule has 3 aromatic heterocycles. The first-order valence-corrected chi connectivity index (χ1v) is 11.6. The van der Waals surface area contributed by atoms with E-state index in [4.69, 9.17) is 16.6 Å². The molecular weight excluding hydrogens is 420 g/mol. The molecule has 0 radical (unpaired) electrons. The average Bonchev–Trinajstić information content (AvgIpc) is 3.43. The van der Waals surface area contributed by atoms with Gasteiger partial charge >= 0.3 is 0 Å². The van der Waals surface area contributed by atoms with E-state index in [1.54, 1.807) is 29.2 Å². The van der Waals surface area contributed by atoms with Crippen molar-refractivity contribution in [1.82, 2.24) is 9.55 Å². The van der Waals surface area contributed by atoms with Gasteiger partial charge in [0.2, 0.25) is 0 Å². The van der Waals surface area contributed by atoms with Gasteiger partial charge in [0.1, 0.15) is 5.65 Å². The lowest BCUT2D eigenvalue weighted by Crippen LogP contribution is -2.21.